The zero-order valence-corrected chi connectivity index (χ0v) is 13.6. The molecule has 1 atom stereocenters. The topological polar surface area (TPSA) is 58.2 Å². The number of rotatable bonds is 6. The lowest BCUT2D eigenvalue weighted by Crippen LogP contribution is -2.31. The van der Waals surface area contributed by atoms with Crippen molar-refractivity contribution >= 4 is 17.5 Å². The number of hydrogen-bond acceptors (Lipinski definition) is 3. The molecule has 0 unspecified atom stereocenters. The molecule has 1 aromatic heterocycles. The first-order valence-electron chi connectivity index (χ1n) is 7.92. The maximum atomic E-state index is 12.4. The monoisotopic (exact) mass is 333 g/mol. The number of amides is 1. The number of likely N-dealkylation sites (tertiary alicyclic amines) is 1. The maximum Gasteiger partial charge on any atom is 0.223 e. The molecule has 122 valence electrons. The van der Waals surface area contributed by atoms with Crippen molar-refractivity contribution in [3.63, 3.8) is 0 Å². The van der Waals surface area contributed by atoms with Crippen LogP contribution in [0.4, 0.5) is 0 Å². The molecule has 0 spiro atoms. The van der Waals surface area contributed by atoms with Gasteiger partial charge in [0.05, 0.1) is 17.7 Å². The van der Waals surface area contributed by atoms with Gasteiger partial charge in [-0.3, -0.25) is 4.79 Å². The third-order valence-electron chi connectivity index (χ3n) is 4.04. The zero-order valence-electron chi connectivity index (χ0n) is 12.9. The first-order valence-corrected chi connectivity index (χ1v) is 8.29. The van der Waals surface area contributed by atoms with E-state index in [1.54, 1.807) is 18.5 Å². The Labute approximate surface area is 140 Å². The van der Waals surface area contributed by atoms with E-state index >= 15 is 0 Å². The normalized spacial score (nSPS) is 17.4. The van der Waals surface area contributed by atoms with E-state index in [2.05, 4.69) is 9.97 Å². The Morgan fingerprint density at radius 1 is 1.43 bits per heavy atom. The Morgan fingerprint density at radius 3 is 3.09 bits per heavy atom. The lowest BCUT2D eigenvalue weighted by Gasteiger charge is -2.23. The minimum atomic E-state index is 0.0852. The van der Waals surface area contributed by atoms with Gasteiger partial charge in [-0.1, -0.05) is 23.7 Å². The molecule has 2 heterocycles. The van der Waals surface area contributed by atoms with E-state index in [1.807, 2.05) is 23.1 Å². The Balaban J connectivity index is 1.47. The molecule has 5 nitrogen and oxygen atoms in total. The summed E-state index contributed by atoms with van der Waals surface area (Å²) in [4.78, 5) is 21.8. The van der Waals surface area contributed by atoms with Gasteiger partial charge in [0.2, 0.25) is 5.91 Å². The summed E-state index contributed by atoms with van der Waals surface area (Å²) in [6.07, 6.45) is 6.66. The van der Waals surface area contributed by atoms with E-state index < -0.39 is 0 Å². The lowest BCUT2D eigenvalue weighted by atomic mass is 10.2. The van der Waals surface area contributed by atoms with Crippen molar-refractivity contribution in [2.75, 3.05) is 13.2 Å². The number of aromatic nitrogens is 2. The molecule has 0 radical (unpaired) electrons. The summed E-state index contributed by atoms with van der Waals surface area (Å²) in [6, 6.07) is 7.45. The number of carbonyl (C=O) groups is 1. The van der Waals surface area contributed by atoms with Crippen LogP contribution in [0.3, 0.4) is 0 Å². The third-order valence-corrected chi connectivity index (χ3v) is 4.35. The van der Waals surface area contributed by atoms with Gasteiger partial charge in [-0.2, -0.15) is 0 Å². The minimum absolute atomic E-state index is 0.0852. The first-order chi connectivity index (χ1) is 11.3. The van der Waals surface area contributed by atoms with Gasteiger partial charge in [-0.25, -0.2) is 4.98 Å². The summed E-state index contributed by atoms with van der Waals surface area (Å²) in [7, 11) is 0. The molecule has 1 fully saturated rings. The molecule has 3 rings (SSSR count). The number of nitrogens with one attached hydrogen (secondary N) is 1. The minimum Gasteiger partial charge on any atom is -0.492 e. The van der Waals surface area contributed by atoms with E-state index in [0.717, 1.165) is 25.2 Å². The van der Waals surface area contributed by atoms with Crippen molar-refractivity contribution in [2.45, 2.75) is 31.7 Å². The fraction of sp³-hybridized carbons (Fsp3) is 0.412. The van der Waals surface area contributed by atoms with Gasteiger partial charge in [0.1, 0.15) is 11.6 Å². The summed E-state index contributed by atoms with van der Waals surface area (Å²) >= 11 is 6.03. The Bertz CT molecular complexity index is 645. The molecule has 2 aromatic rings. The van der Waals surface area contributed by atoms with Crippen LogP contribution in [0.5, 0.6) is 5.75 Å². The number of imidazole rings is 1. The van der Waals surface area contributed by atoms with Crippen LogP contribution < -0.4 is 4.74 Å². The number of halogens is 1. The van der Waals surface area contributed by atoms with Gasteiger partial charge < -0.3 is 14.6 Å². The molecule has 6 heteroatoms. The summed E-state index contributed by atoms with van der Waals surface area (Å²) in [5.74, 6) is 1.70. The molecule has 0 saturated carbocycles. The van der Waals surface area contributed by atoms with Crippen molar-refractivity contribution in [3.8, 4) is 5.75 Å². The van der Waals surface area contributed by atoms with Crippen LogP contribution in [-0.4, -0.2) is 33.9 Å². The fourth-order valence-corrected chi connectivity index (χ4v) is 3.11. The summed E-state index contributed by atoms with van der Waals surface area (Å²) in [5, 5.41) is 0.594. The molecule has 1 aliphatic heterocycles. The maximum absolute atomic E-state index is 12.4. The lowest BCUT2D eigenvalue weighted by molar-refractivity contribution is -0.132. The molecular formula is C17H20ClN3O2. The third kappa shape index (κ3) is 3.85. The quantitative estimate of drug-likeness (QED) is 0.822. The van der Waals surface area contributed by atoms with Crippen molar-refractivity contribution in [1.82, 2.24) is 14.9 Å². The van der Waals surface area contributed by atoms with Gasteiger partial charge in [-0.05, 0) is 31.4 Å². The van der Waals surface area contributed by atoms with Gasteiger partial charge in [0, 0.05) is 25.4 Å². The van der Waals surface area contributed by atoms with Crippen molar-refractivity contribution in [1.29, 1.82) is 0 Å². The Morgan fingerprint density at radius 2 is 2.30 bits per heavy atom. The molecular weight excluding hydrogens is 314 g/mol. The zero-order chi connectivity index (χ0) is 16.1. The highest BCUT2D eigenvalue weighted by atomic mass is 35.5. The van der Waals surface area contributed by atoms with Crippen LogP contribution in [-0.2, 0) is 4.79 Å². The highest BCUT2D eigenvalue weighted by molar-refractivity contribution is 6.32. The van der Waals surface area contributed by atoms with Crippen LogP contribution in [0.2, 0.25) is 5.02 Å². The van der Waals surface area contributed by atoms with Crippen LogP contribution >= 0.6 is 11.6 Å². The number of ether oxygens (including phenoxy) is 1. The molecule has 1 saturated heterocycles. The highest BCUT2D eigenvalue weighted by Crippen LogP contribution is 2.30. The van der Waals surface area contributed by atoms with E-state index in [-0.39, 0.29) is 11.9 Å². The van der Waals surface area contributed by atoms with Crippen LogP contribution in [0, 0.1) is 0 Å². The van der Waals surface area contributed by atoms with E-state index in [0.29, 0.717) is 30.2 Å². The van der Waals surface area contributed by atoms with Crippen molar-refractivity contribution in [3.05, 3.63) is 47.5 Å². The van der Waals surface area contributed by atoms with Gasteiger partial charge in [0.15, 0.2) is 0 Å². The largest absolute Gasteiger partial charge is 0.492 e. The number of aromatic amines is 1. The van der Waals surface area contributed by atoms with Crippen LogP contribution in [0.25, 0.3) is 0 Å². The summed E-state index contributed by atoms with van der Waals surface area (Å²) < 4.78 is 5.63. The molecule has 1 amide bonds. The fourth-order valence-electron chi connectivity index (χ4n) is 2.92. The molecule has 1 aromatic carbocycles. The second kappa shape index (κ2) is 7.51. The second-order valence-corrected chi connectivity index (χ2v) is 6.01. The second-order valence-electron chi connectivity index (χ2n) is 5.60. The van der Waals surface area contributed by atoms with Crippen molar-refractivity contribution < 1.29 is 9.53 Å². The Kier molecular flexibility index (Phi) is 5.18. The Hall–Kier alpha value is -2.01. The number of carbonyl (C=O) groups excluding carboxylic acids is 1. The number of benzene rings is 1. The number of hydrogen-bond donors (Lipinski definition) is 1. The summed E-state index contributed by atoms with van der Waals surface area (Å²) in [6.45, 7) is 1.28. The summed E-state index contributed by atoms with van der Waals surface area (Å²) in [5.41, 5.74) is 0. The predicted octanol–water partition coefficient (Wildman–Crippen LogP) is 3.59. The number of H-pyrrole nitrogens is 1. The molecule has 1 N–H and O–H groups in total. The van der Waals surface area contributed by atoms with E-state index in [9.17, 15) is 4.79 Å². The van der Waals surface area contributed by atoms with Gasteiger partial charge in [0.25, 0.3) is 0 Å². The predicted molar refractivity (Wildman–Crippen MR) is 88.5 cm³/mol. The van der Waals surface area contributed by atoms with E-state index in [1.165, 1.54) is 0 Å². The van der Waals surface area contributed by atoms with Crippen molar-refractivity contribution in [2.24, 2.45) is 0 Å². The average molecular weight is 334 g/mol. The number of para-hydroxylation sites is 1. The van der Waals surface area contributed by atoms with Crippen LogP contribution in [0.1, 0.15) is 37.5 Å². The molecule has 1 aliphatic rings. The number of nitrogens with zero attached hydrogens (tertiary/aromatic N) is 2. The first kappa shape index (κ1) is 15.9. The standard InChI is InChI=1S/C17H20ClN3O2/c18-13-5-1-2-7-15(13)23-12-4-8-16(22)21-11-3-6-14(21)17-19-9-10-20-17/h1-2,5,7,9-10,14H,3-4,6,8,11-12H2,(H,19,20)/t14-/m1/s1. The van der Waals surface area contributed by atoms with Crippen LogP contribution in [0.15, 0.2) is 36.7 Å². The smallest absolute Gasteiger partial charge is 0.223 e. The van der Waals surface area contributed by atoms with E-state index in [4.69, 9.17) is 16.3 Å². The molecule has 23 heavy (non-hydrogen) atoms. The van der Waals surface area contributed by atoms with Gasteiger partial charge in [-0.15, -0.1) is 0 Å². The SMILES string of the molecule is O=C(CCCOc1ccccc1Cl)N1CCC[C@@H]1c1ncc[nH]1. The highest BCUT2D eigenvalue weighted by Gasteiger charge is 2.30. The average Bonchev–Trinajstić information content (AvgIpc) is 3.23. The van der Waals surface area contributed by atoms with Gasteiger partial charge >= 0.3 is 0 Å². The molecule has 0 aliphatic carbocycles. The molecule has 0 bridgehead atoms.